The molecule has 0 saturated carbocycles. The van der Waals surface area contributed by atoms with Crippen LogP contribution in [-0.4, -0.2) is 17.2 Å². The molecule has 2 nitrogen and oxygen atoms in total. The second kappa shape index (κ2) is 13.0. The van der Waals surface area contributed by atoms with Crippen molar-refractivity contribution in [1.29, 1.82) is 0 Å². The van der Waals surface area contributed by atoms with Crippen LogP contribution in [0.4, 0.5) is 0 Å². The van der Waals surface area contributed by atoms with E-state index in [1.165, 1.54) is 25.8 Å². The SMILES string of the molecule is Cc1ccc(-c2ccccc2)cc1.Cc1ccc(I)cc1.OB(O)c1ccccc1. The van der Waals surface area contributed by atoms with Crippen LogP contribution in [0.3, 0.4) is 0 Å². The number of rotatable bonds is 2. The minimum absolute atomic E-state index is 0.525. The Labute approximate surface area is 193 Å². The van der Waals surface area contributed by atoms with E-state index in [4.69, 9.17) is 10.0 Å². The summed E-state index contributed by atoms with van der Waals surface area (Å²) in [5, 5.41) is 17.2. The Morgan fingerprint density at radius 3 is 1.33 bits per heavy atom. The number of benzene rings is 4. The zero-order valence-corrected chi connectivity index (χ0v) is 19.4. The van der Waals surface area contributed by atoms with Crippen LogP contribution in [0.15, 0.2) is 109 Å². The predicted molar refractivity (Wildman–Crippen MR) is 137 cm³/mol. The molecule has 0 aliphatic rings. The highest BCUT2D eigenvalue weighted by molar-refractivity contribution is 14.1. The van der Waals surface area contributed by atoms with E-state index in [-0.39, 0.29) is 0 Å². The molecule has 0 spiro atoms. The van der Waals surface area contributed by atoms with E-state index in [0.29, 0.717) is 5.46 Å². The van der Waals surface area contributed by atoms with Crippen molar-refractivity contribution in [2.45, 2.75) is 13.8 Å². The summed E-state index contributed by atoms with van der Waals surface area (Å²) < 4.78 is 1.30. The third-order valence-corrected chi connectivity index (χ3v) is 4.99. The molecule has 0 atom stereocenters. The first-order valence-corrected chi connectivity index (χ1v) is 10.8. The molecule has 0 radical (unpaired) electrons. The van der Waals surface area contributed by atoms with E-state index in [2.05, 4.69) is 109 Å². The Morgan fingerprint density at radius 2 is 0.933 bits per heavy atom. The first-order chi connectivity index (χ1) is 14.5. The molecule has 0 aromatic heterocycles. The summed E-state index contributed by atoms with van der Waals surface area (Å²) in [6.45, 7) is 4.20. The van der Waals surface area contributed by atoms with Gasteiger partial charge in [-0.15, -0.1) is 0 Å². The first-order valence-electron chi connectivity index (χ1n) is 9.71. The Hall–Kier alpha value is -2.41. The second-order valence-corrected chi connectivity index (χ2v) is 8.06. The number of aryl methyl sites for hydroxylation is 2. The van der Waals surface area contributed by atoms with Gasteiger partial charge in [-0.25, -0.2) is 0 Å². The predicted octanol–water partition coefficient (Wildman–Crippen LogP) is 5.63. The van der Waals surface area contributed by atoms with Gasteiger partial charge in [-0.1, -0.05) is 108 Å². The molecule has 4 aromatic carbocycles. The van der Waals surface area contributed by atoms with Gasteiger partial charge < -0.3 is 10.0 Å². The lowest BCUT2D eigenvalue weighted by molar-refractivity contribution is 0.426. The van der Waals surface area contributed by atoms with Crippen LogP contribution in [0.25, 0.3) is 11.1 Å². The van der Waals surface area contributed by atoms with Crippen LogP contribution in [-0.2, 0) is 0 Å². The molecule has 0 saturated heterocycles. The molecule has 0 bridgehead atoms. The van der Waals surface area contributed by atoms with Gasteiger partial charge in [0.2, 0.25) is 0 Å². The van der Waals surface area contributed by atoms with Crippen molar-refractivity contribution in [2.75, 3.05) is 0 Å². The molecule has 0 heterocycles. The lowest BCUT2D eigenvalue weighted by atomic mass is 9.81. The van der Waals surface area contributed by atoms with Crippen molar-refractivity contribution in [2.24, 2.45) is 0 Å². The Kier molecular flexibility index (Phi) is 10.4. The number of hydrogen-bond donors (Lipinski definition) is 2. The molecular formula is C26H26BIO2. The lowest BCUT2D eigenvalue weighted by Crippen LogP contribution is -2.29. The van der Waals surface area contributed by atoms with Crippen LogP contribution in [0.5, 0.6) is 0 Å². The van der Waals surface area contributed by atoms with Crippen LogP contribution in [0, 0.1) is 17.4 Å². The minimum atomic E-state index is -1.34. The van der Waals surface area contributed by atoms with Crippen LogP contribution in [0.1, 0.15) is 11.1 Å². The van der Waals surface area contributed by atoms with Crippen molar-refractivity contribution in [3.63, 3.8) is 0 Å². The maximum Gasteiger partial charge on any atom is 0.488 e. The van der Waals surface area contributed by atoms with Crippen molar-refractivity contribution >= 4 is 35.2 Å². The van der Waals surface area contributed by atoms with Crippen LogP contribution in [0.2, 0.25) is 0 Å². The number of halogens is 1. The van der Waals surface area contributed by atoms with E-state index in [9.17, 15) is 0 Å². The summed E-state index contributed by atoms with van der Waals surface area (Å²) in [6, 6.07) is 36.1. The monoisotopic (exact) mass is 508 g/mol. The van der Waals surface area contributed by atoms with E-state index >= 15 is 0 Å². The summed E-state index contributed by atoms with van der Waals surface area (Å²) in [4.78, 5) is 0. The fourth-order valence-corrected chi connectivity index (χ4v) is 2.89. The molecule has 4 rings (SSSR count). The smallest absolute Gasteiger partial charge is 0.423 e. The fraction of sp³-hybridized carbons (Fsp3) is 0.0769. The Balaban J connectivity index is 0.000000167. The molecule has 0 aliphatic carbocycles. The number of hydrogen-bond acceptors (Lipinski definition) is 2. The van der Waals surface area contributed by atoms with Gasteiger partial charge in [-0.3, -0.25) is 0 Å². The van der Waals surface area contributed by atoms with Gasteiger partial charge in [-0.2, -0.15) is 0 Å². The molecule has 0 aliphatic heterocycles. The van der Waals surface area contributed by atoms with Crippen LogP contribution < -0.4 is 5.46 Å². The molecule has 30 heavy (non-hydrogen) atoms. The third-order valence-electron chi connectivity index (χ3n) is 4.27. The standard InChI is InChI=1S/C13H12.C7H7I.C6H7BO2/c1-11-7-9-13(10-8-11)12-5-3-2-4-6-12;1-6-2-4-7(8)5-3-6;8-7(9)6-4-2-1-3-5-6/h2-10H,1H3;2-5H,1H3;1-5,8-9H. The van der Waals surface area contributed by atoms with Gasteiger partial charge in [0.15, 0.2) is 0 Å². The molecular weight excluding hydrogens is 482 g/mol. The highest BCUT2D eigenvalue weighted by Crippen LogP contribution is 2.18. The van der Waals surface area contributed by atoms with E-state index < -0.39 is 7.12 Å². The van der Waals surface area contributed by atoms with Crippen molar-refractivity contribution < 1.29 is 10.0 Å². The summed E-state index contributed by atoms with van der Waals surface area (Å²) in [5.41, 5.74) is 5.72. The average Bonchev–Trinajstić information content (AvgIpc) is 2.78. The minimum Gasteiger partial charge on any atom is -0.423 e. The van der Waals surface area contributed by atoms with Gasteiger partial charge in [0.05, 0.1) is 0 Å². The van der Waals surface area contributed by atoms with Gasteiger partial charge in [-0.05, 0) is 65.2 Å². The molecule has 4 aromatic rings. The molecule has 4 heteroatoms. The molecule has 152 valence electrons. The van der Waals surface area contributed by atoms with Gasteiger partial charge >= 0.3 is 7.12 Å². The summed E-state index contributed by atoms with van der Waals surface area (Å²) >= 11 is 2.30. The van der Waals surface area contributed by atoms with Crippen molar-refractivity contribution in [1.82, 2.24) is 0 Å². The van der Waals surface area contributed by atoms with Crippen molar-refractivity contribution in [3.8, 4) is 11.1 Å². The molecule has 0 fully saturated rings. The average molecular weight is 508 g/mol. The quantitative estimate of drug-likeness (QED) is 0.273. The largest absolute Gasteiger partial charge is 0.488 e. The van der Waals surface area contributed by atoms with Gasteiger partial charge in [0, 0.05) is 3.57 Å². The highest BCUT2D eigenvalue weighted by Gasteiger charge is 2.07. The Morgan fingerprint density at radius 1 is 0.533 bits per heavy atom. The summed E-state index contributed by atoms with van der Waals surface area (Å²) in [6.07, 6.45) is 0. The topological polar surface area (TPSA) is 40.5 Å². The van der Waals surface area contributed by atoms with Gasteiger partial charge in [0.25, 0.3) is 0 Å². The summed E-state index contributed by atoms with van der Waals surface area (Å²) in [7, 11) is -1.34. The normalized spacial score (nSPS) is 9.50. The van der Waals surface area contributed by atoms with Crippen LogP contribution >= 0.6 is 22.6 Å². The lowest BCUT2D eigenvalue weighted by Gasteiger charge is -2.00. The van der Waals surface area contributed by atoms with Gasteiger partial charge in [0.1, 0.15) is 0 Å². The molecule has 2 N–H and O–H groups in total. The fourth-order valence-electron chi connectivity index (χ4n) is 2.54. The van der Waals surface area contributed by atoms with E-state index in [1.807, 2.05) is 12.1 Å². The first kappa shape index (κ1) is 23.9. The maximum absolute atomic E-state index is 8.58. The van der Waals surface area contributed by atoms with Crippen molar-refractivity contribution in [3.05, 3.63) is 124 Å². The zero-order chi connectivity index (χ0) is 21.8. The van der Waals surface area contributed by atoms with E-state index in [1.54, 1.807) is 24.3 Å². The maximum atomic E-state index is 8.58. The second-order valence-electron chi connectivity index (χ2n) is 6.81. The highest BCUT2D eigenvalue weighted by atomic mass is 127. The van der Waals surface area contributed by atoms with E-state index in [0.717, 1.165) is 0 Å². The Bertz CT molecular complexity index is 950. The third kappa shape index (κ3) is 8.95. The molecule has 0 unspecified atom stereocenters. The molecule has 0 amide bonds. The zero-order valence-electron chi connectivity index (χ0n) is 17.2. The summed E-state index contributed by atoms with van der Waals surface area (Å²) in [5.74, 6) is 0.